The first-order chi connectivity index (χ1) is 9.45. The van der Waals surface area contributed by atoms with Crippen molar-refractivity contribution in [2.45, 2.75) is 65.6 Å². The molecule has 2 nitrogen and oxygen atoms in total. The zero-order valence-electron chi connectivity index (χ0n) is 13.6. The van der Waals surface area contributed by atoms with Gasteiger partial charge in [0.2, 0.25) is 0 Å². The molecular formula is C18H29NO. The number of hydrogen-bond donors (Lipinski definition) is 1. The summed E-state index contributed by atoms with van der Waals surface area (Å²) in [5.41, 5.74) is 3.09. The van der Waals surface area contributed by atoms with E-state index in [1.54, 1.807) is 0 Å². The largest absolute Gasteiger partial charge is 0.378 e. The fraction of sp³-hybridized carbons (Fsp3) is 0.667. The van der Waals surface area contributed by atoms with Crippen LogP contribution in [0.25, 0.3) is 0 Å². The first-order valence-electron chi connectivity index (χ1n) is 7.87. The van der Waals surface area contributed by atoms with E-state index in [9.17, 15) is 0 Å². The van der Waals surface area contributed by atoms with Gasteiger partial charge in [-0.15, -0.1) is 0 Å². The van der Waals surface area contributed by atoms with Crippen LogP contribution in [0.3, 0.4) is 0 Å². The first kappa shape index (κ1) is 15.5. The second kappa shape index (κ2) is 6.28. The minimum absolute atomic E-state index is 0.246. The van der Waals surface area contributed by atoms with Crippen LogP contribution < -0.4 is 5.32 Å². The summed E-state index contributed by atoms with van der Waals surface area (Å²) in [4.78, 5) is 0. The summed E-state index contributed by atoms with van der Waals surface area (Å²) in [6, 6.07) is 9.75. The molecule has 1 aliphatic carbocycles. The van der Waals surface area contributed by atoms with Gasteiger partial charge in [0, 0.05) is 24.1 Å². The minimum Gasteiger partial charge on any atom is -0.378 e. The van der Waals surface area contributed by atoms with Gasteiger partial charge < -0.3 is 10.1 Å². The van der Waals surface area contributed by atoms with Crippen LogP contribution in [0.15, 0.2) is 24.3 Å². The lowest BCUT2D eigenvalue weighted by Crippen LogP contribution is -2.62. The molecule has 1 fully saturated rings. The average Bonchev–Trinajstić information content (AvgIpc) is 2.40. The Morgan fingerprint density at radius 1 is 1.35 bits per heavy atom. The molecule has 112 valence electrons. The lowest BCUT2D eigenvalue weighted by Gasteiger charge is -2.52. The van der Waals surface area contributed by atoms with Crippen LogP contribution in [0.5, 0.6) is 0 Å². The predicted octanol–water partition coefficient (Wildman–Crippen LogP) is 3.72. The Labute approximate surface area is 123 Å². The maximum absolute atomic E-state index is 5.80. The topological polar surface area (TPSA) is 21.3 Å². The average molecular weight is 275 g/mol. The van der Waals surface area contributed by atoms with Crippen molar-refractivity contribution in [3.8, 4) is 0 Å². The maximum Gasteiger partial charge on any atom is 0.0655 e. The Bertz CT molecular complexity index is 441. The fourth-order valence-electron chi connectivity index (χ4n) is 3.22. The van der Waals surface area contributed by atoms with E-state index in [1.807, 2.05) is 0 Å². The van der Waals surface area contributed by atoms with Crippen LogP contribution >= 0.6 is 0 Å². The van der Waals surface area contributed by atoms with Gasteiger partial charge in [-0.1, -0.05) is 38.1 Å². The monoisotopic (exact) mass is 275 g/mol. The van der Waals surface area contributed by atoms with Crippen LogP contribution in [0.1, 0.15) is 45.2 Å². The number of hydrogen-bond acceptors (Lipinski definition) is 2. The standard InChI is InChI=1S/C18H29NO/c1-6-20-17-12-16(18(17,4)5)19-14(3)11-15-10-8-7-9-13(15)2/h7-10,14,16-17,19H,6,11-12H2,1-5H3. The molecule has 0 aromatic heterocycles. The van der Waals surface area contributed by atoms with Gasteiger partial charge in [-0.25, -0.2) is 0 Å². The van der Waals surface area contributed by atoms with E-state index < -0.39 is 0 Å². The van der Waals surface area contributed by atoms with Gasteiger partial charge in [-0.05, 0) is 44.7 Å². The predicted molar refractivity (Wildman–Crippen MR) is 85.1 cm³/mol. The molecule has 1 saturated carbocycles. The van der Waals surface area contributed by atoms with Crippen molar-refractivity contribution in [3.05, 3.63) is 35.4 Å². The molecule has 3 atom stereocenters. The lowest BCUT2D eigenvalue weighted by molar-refractivity contribution is -0.116. The van der Waals surface area contributed by atoms with Gasteiger partial charge in [0.15, 0.2) is 0 Å². The Kier molecular flexibility index (Phi) is 4.87. The molecule has 2 rings (SSSR count). The smallest absolute Gasteiger partial charge is 0.0655 e. The van der Waals surface area contributed by atoms with E-state index in [0.29, 0.717) is 18.2 Å². The van der Waals surface area contributed by atoms with Gasteiger partial charge in [0.05, 0.1) is 6.10 Å². The Hall–Kier alpha value is -0.860. The second-order valence-corrected chi connectivity index (χ2v) is 6.75. The van der Waals surface area contributed by atoms with Crippen molar-refractivity contribution in [3.63, 3.8) is 0 Å². The molecule has 1 aliphatic rings. The third-order valence-corrected chi connectivity index (χ3v) is 4.82. The number of nitrogens with one attached hydrogen (secondary N) is 1. The zero-order valence-corrected chi connectivity index (χ0v) is 13.6. The minimum atomic E-state index is 0.246. The highest BCUT2D eigenvalue weighted by atomic mass is 16.5. The van der Waals surface area contributed by atoms with E-state index in [2.05, 4.69) is 64.2 Å². The van der Waals surface area contributed by atoms with Crippen LogP contribution in [0, 0.1) is 12.3 Å². The van der Waals surface area contributed by atoms with E-state index in [1.165, 1.54) is 11.1 Å². The van der Waals surface area contributed by atoms with Crippen LogP contribution in [0.2, 0.25) is 0 Å². The number of benzene rings is 1. The molecular weight excluding hydrogens is 246 g/mol. The van der Waals surface area contributed by atoms with Gasteiger partial charge in [0.1, 0.15) is 0 Å². The highest BCUT2D eigenvalue weighted by molar-refractivity contribution is 5.26. The van der Waals surface area contributed by atoms with E-state index in [4.69, 9.17) is 4.74 Å². The van der Waals surface area contributed by atoms with E-state index >= 15 is 0 Å². The quantitative estimate of drug-likeness (QED) is 0.854. The highest BCUT2D eigenvalue weighted by Crippen LogP contribution is 2.43. The maximum atomic E-state index is 5.80. The molecule has 0 bridgehead atoms. The van der Waals surface area contributed by atoms with Crippen LogP contribution in [-0.4, -0.2) is 24.8 Å². The van der Waals surface area contributed by atoms with Gasteiger partial charge in [-0.3, -0.25) is 0 Å². The molecule has 20 heavy (non-hydrogen) atoms. The van der Waals surface area contributed by atoms with E-state index in [0.717, 1.165) is 19.4 Å². The van der Waals surface area contributed by atoms with Crippen LogP contribution in [-0.2, 0) is 11.2 Å². The molecule has 0 amide bonds. The summed E-state index contributed by atoms with van der Waals surface area (Å²) in [5, 5.41) is 3.79. The summed E-state index contributed by atoms with van der Waals surface area (Å²) in [7, 11) is 0. The summed E-state index contributed by atoms with van der Waals surface area (Å²) in [6.45, 7) is 12.0. The van der Waals surface area contributed by atoms with Crippen molar-refractivity contribution in [2.24, 2.45) is 5.41 Å². The first-order valence-corrected chi connectivity index (χ1v) is 7.87. The van der Waals surface area contributed by atoms with Crippen molar-refractivity contribution < 1.29 is 4.74 Å². The molecule has 0 saturated heterocycles. The molecule has 1 aromatic rings. The van der Waals surface area contributed by atoms with E-state index in [-0.39, 0.29) is 5.41 Å². The molecule has 1 N–H and O–H groups in total. The lowest BCUT2D eigenvalue weighted by atomic mass is 9.64. The second-order valence-electron chi connectivity index (χ2n) is 6.75. The van der Waals surface area contributed by atoms with Crippen molar-refractivity contribution in [1.29, 1.82) is 0 Å². The van der Waals surface area contributed by atoms with Gasteiger partial charge >= 0.3 is 0 Å². The SMILES string of the molecule is CCOC1CC(NC(C)Cc2ccccc2C)C1(C)C. The molecule has 0 heterocycles. The molecule has 1 aromatic carbocycles. The number of ether oxygens (including phenoxy) is 1. The summed E-state index contributed by atoms with van der Waals surface area (Å²) in [5.74, 6) is 0. The molecule has 3 unspecified atom stereocenters. The van der Waals surface area contributed by atoms with Crippen molar-refractivity contribution in [2.75, 3.05) is 6.61 Å². The zero-order chi connectivity index (χ0) is 14.8. The highest BCUT2D eigenvalue weighted by Gasteiger charge is 2.48. The summed E-state index contributed by atoms with van der Waals surface area (Å²) >= 11 is 0. The van der Waals surface area contributed by atoms with Crippen molar-refractivity contribution >= 4 is 0 Å². The Morgan fingerprint density at radius 2 is 2.05 bits per heavy atom. The third-order valence-electron chi connectivity index (χ3n) is 4.82. The number of rotatable bonds is 6. The van der Waals surface area contributed by atoms with Gasteiger partial charge in [-0.2, -0.15) is 0 Å². The van der Waals surface area contributed by atoms with Gasteiger partial charge in [0.25, 0.3) is 0 Å². The fourth-order valence-corrected chi connectivity index (χ4v) is 3.22. The van der Waals surface area contributed by atoms with Crippen molar-refractivity contribution in [1.82, 2.24) is 5.32 Å². The van der Waals surface area contributed by atoms with Crippen LogP contribution in [0.4, 0.5) is 0 Å². The number of aryl methyl sites for hydroxylation is 1. The Balaban J connectivity index is 1.87. The molecule has 2 heteroatoms. The summed E-state index contributed by atoms with van der Waals surface area (Å²) < 4.78 is 5.80. The molecule has 0 spiro atoms. The third kappa shape index (κ3) is 3.24. The Morgan fingerprint density at radius 3 is 2.65 bits per heavy atom. The molecule has 0 aliphatic heterocycles. The normalized spacial score (nSPS) is 26.1. The summed E-state index contributed by atoms with van der Waals surface area (Å²) in [6.07, 6.45) is 2.65. The molecule has 0 radical (unpaired) electrons.